The van der Waals surface area contributed by atoms with Gasteiger partial charge < -0.3 is 15.7 Å². The van der Waals surface area contributed by atoms with E-state index >= 15 is 0 Å². The van der Waals surface area contributed by atoms with Crippen LogP contribution in [0.5, 0.6) is 0 Å². The third-order valence-corrected chi connectivity index (χ3v) is 2.08. The Morgan fingerprint density at radius 2 is 1.71 bits per heavy atom. The van der Waals surface area contributed by atoms with E-state index in [-0.39, 0.29) is 11.8 Å². The molecule has 1 amide bonds. The first-order chi connectivity index (χ1) is 6.34. The number of hydrogen-bond acceptors (Lipinski definition) is 3. The van der Waals surface area contributed by atoms with Crippen LogP contribution in [-0.2, 0) is 9.59 Å². The molecule has 2 atom stereocenters. The number of nitrogens with two attached hydrogens (primary N) is 1. The van der Waals surface area contributed by atoms with E-state index in [0.29, 0.717) is 13.1 Å². The molecule has 82 valence electrons. The molecular weight excluding hydrogens is 184 g/mol. The third-order valence-electron chi connectivity index (χ3n) is 2.08. The van der Waals surface area contributed by atoms with Gasteiger partial charge in [-0.3, -0.25) is 9.59 Å². The van der Waals surface area contributed by atoms with Gasteiger partial charge in [0.15, 0.2) is 0 Å². The van der Waals surface area contributed by atoms with Crippen molar-refractivity contribution in [2.24, 2.45) is 17.6 Å². The molecule has 0 aliphatic rings. The van der Waals surface area contributed by atoms with Gasteiger partial charge in [0, 0.05) is 19.0 Å². The van der Waals surface area contributed by atoms with Crippen LogP contribution in [0.2, 0.25) is 0 Å². The van der Waals surface area contributed by atoms with Crippen molar-refractivity contribution in [1.29, 1.82) is 0 Å². The Morgan fingerprint density at radius 1 is 1.29 bits per heavy atom. The van der Waals surface area contributed by atoms with Gasteiger partial charge in [0.05, 0.1) is 5.92 Å². The highest BCUT2D eigenvalue weighted by Gasteiger charge is 2.16. The van der Waals surface area contributed by atoms with Crippen LogP contribution in [0.25, 0.3) is 0 Å². The summed E-state index contributed by atoms with van der Waals surface area (Å²) in [6, 6.07) is 0. The Labute approximate surface area is 83.9 Å². The van der Waals surface area contributed by atoms with E-state index in [4.69, 9.17) is 10.8 Å². The average molecular weight is 202 g/mol. The molecule has 5 heteroatoms. The van der Waals surface area contributed by atoms with Gasteiger partial charge in [-0.05, 0) is 7.05 Å². The van der Waals surface area contributed by atoms with E-state index < -0.39 is 11.9 Å². The van der Waals surface area contributed by atoms with Crippen LogP contribution in [0.3, 0.4) is 0 Å². The maximum atomic E-state index is 10.7. The quantitative estimate of drug-likeness (QED) is 0.622. The van der Waals surface area contributed by atoms with E-state index in [9.17, 15) is 9.59 Å². The standard InChI is InChI=1S/C9H18N2O3/c1-6(8(10)12)4-11(3)5-7(2)9(13)14/h6-7H,4-5H2,1-3H3,(H2,10,12)(H,13,14). The Balaban J connectivity index is 3.92. The first-order valence-electron chi connectivity index (χ1n) is 4.55. The molecule has 3 N–H and O–H groups in total. The van der Waals surface area contributed by atoms with Gasteiger partial charge in [0.2, 0.25) is 5.91 Å². The normalized spacial score (nSPS) is 15.1. The van der Waals surface area contributed by atoms with Crippen molar-refractivity contribution in [2.45, 2.75) is 13.8 Å². The van der Waals surface area contributed by atoms with E-state index in [1.807, 2.05) is 0 Å². The Hall–Kier alpha value is -1.10. The van der Waals surface area contributed by atoms with Gasteiger partial charge in [-0.25, -0.2) is 0 Å². The summed E-state index contributed by atoms with van der Waals surface area (Å²) in [6.07, 6.45) is 0. The molecule has 5 nitrogen and oxygen atoms in total. The summed E-state index contributed by atoms with van der Waals surface area (Å²) in [4.78, 5) is 23.1. The second-order valence-electron chi connectivity index (χ2n) is 3.76. The van der Waals surface area contributed by atoms with Crippen molar-refractivity contribution in [3.05, 3.63) is 0 Å². The fourth-order valence-corrected chi connectivity index (χ4v) is 1.18. The van der Waals surface area contributed by atoms with Gasteiger partial charge in [-0.1, -0.05) is 13.8 Å². The van der Waals surface area contributed by atoms with Crippen LogP contribution < -0.4 is 5.73 Å². The van der Waals surface area contributed by atoms with Crippen molar-refractivity contribution in [3.8, 4) is 0 Å². The molecule has 0 bridgehead atoms. The lowest BCUT2D eigenvalue weighted by molar-refractivity contribution is -0.141. The zero-order chi connectivity index (χ0) is 11.3. The maximum absolute atomic E-state index is 10.7. The molecule has 0 saturated heterocycles. The molecule has 2 unspecified atom stereocenters. The first-order valence-corrected chi connectivity index (χ1v) is 4.55. The van der Waals surface area contributed by atoms with Crippen molar-refractivity contribution < 1.29 is 14.7 Å². The number of nitrogens with zero attached hydrogens (tertiary/aromatic N) is 1. The van der Waals surface area contributed by atoms with Gasteiger partial charge in [0.25, 0.3) is 0 Å². The van der Waals surface area contributed by atoms with Crippen molar-refractivity contribution in [1.82, 2.24) is 4.90 Å². The molecule has 14 heavy (non-hydrogen) atoms. The summed E-state index contributed by atoms with van der Waals surface area (Å²) in [7, 11) is 1.78. The van der Waals surface area contributed by atoms with Gasteiger partial charge in [-0.15, -0.1) is 0 Å². The highest BCUT2D eigenvalue weighted by molar-refractivity contribution is 5.76. The van der Waals surface area contributed by atoms with Gasteiger partial charge >= 0.3 is 5.97 Å². The molecule has 0 heterocycles. The van der Waals surface area contributed by atoms with Crippen LogP contribution >= 0.6 is 0 Å². The zero-order valence-electron chi connectivity index (χ0n) is 8.86. The van der Waals surface area contributed by atoms with Crippen molar-refractivity contribution in [3.63, 3.8) is 0 Å². The number of primary amides is 1. The number of rotatable bonds is 6. The number of carboxylic acids is 1. The summed E-state index contributed by atoms with van der Waals surface area (Å²) in [5.41, 5.74) is 5.09. The maximum Gasteiger partial charge on any atom is 0.307 e. The second-order valence-corrected chi connectivity index (χ2v) is 3.76. The lowest BCUT2D eigenvalue weighted by Crippen LogP contribution is -2.36. The molecule has 0 saturated carbocycles. The van der Waals surface area contributed by atoms with Crippen molar-refractivity contribution >= 4 is 11.9 Å². The van der Waals surface area contributed by atoms with Crippen LogP contribution in [0.15, 0.2) is 0 Å². The first kappa shape index (κ1) is 12.9. The fourth-order valence-electron chi connectivity index (χ4n) is 1.18. The molecule has 0 spiro atoms. The second kappa shape index (κ2) is 5.59. The molecule has 0 rings (SSSR count). The lowest BCUT2D eigenvalue weighted by atomic mass is 10.1. The summed E-state index contributed by atoms with van der Waals surface area (Å²) < 4.78 is 0. The average Bonchev–Trinajstić information content (AvgIpc) is 2.03. The lowest BCUT2D eigenvalue weighted by Gasteiger charge is -2.21. The molecule has 0 aliphatic carbocycles. The molecular formula is C9H18N2O3. The number of carbonyl (C=O) groups excluding carboxylic acids is 1. The summed E-state index contributed by atoms with van der Waals surface area (Å²) >= 11 is 0. The van der Waals surface area contributed by atoms with Gasteiger partial charge in [0.1, 0.15) is 0 Å². The fraction of sp³-hybridized carbons (Fsp3) is 0.778. The topological polar surface area (TPSA) is 83.6 Å². The predicted molar refractivity (Wildman–Crippen MR) is 52.7 cm³/mol. The summed E-state index contributed by atoms with van der Waals surface area (Å²) in [5, 5.41) is 8.66. The number of amides is 1. The van der Waals surface area contributed by atoms with Crippen LogP contribution in [0.1, 0.15) is 13.8 Å². The molecule has 0 radical (unpaired) electrons. The minimum atomic E-state index is -0.830. The van der Waals surface area contributed by atoms with Crippen LogP contribution in [0, 0.1) is 11.8 Å². The summed E-state index contributed by atoms with van der Waals surface area (Å²) in [5.74, 6) is -1.87. The van der Waals surface area contributed by atoms with Crippen LogP contribution in [-0.4, -0.2) is 42.0 Å². The predicted octanol–water partition coefficient (Wildman–Crippen LogP) is -0.240. The molecule has 0 fully saturated rings. The molecule has 0 aromatic rings. The Kier molecular flexibility index (Phi) is 5.15. The van der Waals surface area contributed by atoms with E-state index in [2.05, 4.69) is 0 Å². The highest BCUT2D eigenvalue weighted by atomic mass is 16.4. The van der Waals surface area contributed by atoms with E-state index in [0.717, 1.165) is 0 Å². The molecule has 0 aromatic heterocycles. The van der Waals surface area contributed by atoms with E-state index in [1.165, 1.54) is 0 Å². The number of carboxylic acid groups (broad SMARTS) is 1. The van der Waals surface area contributed by atoms with Crippen LogP contribution in [0.4, 0.5) is 0 Å². The minimum absolute atomic E-state index is 0.249. The van der Waals surface area contributed by atoms with Gasteiger partial charge in [-0.2, -0.15) is 0 Å². The largest absolute Gasteiger partial charge is 0.481 e. The monoisotopic (exact) mass is 202 g/mol. The Bertz CT molecular complexity index is 196. The number of aliphatic carboxylic acids is 1. The SMILES string of the molecule is CC(CN(C)CC(C)C(=O)O)C(N)=O. The van der Waals surface area contributed by atoms with E-state index in [1.54, 1.807) is 25.8 Å². The highest BCUT2D eigenvalue weighted by Crippen LogP contribution is 2.02. The summed E-state index contributed by atoms with van der Waals surface area (Å²) in [6.45, 7) is 4.28. The third kappa shape index (κ3) is 4.81. The zero-order valence-corrected chi connectivity index (χ0v) is 8.86. The molecule has 0 aromatic carbocycles. The smallest absolute Gasteiger partial charge is 0.307 e. The minimum Gasteiger partial charge on any atom is -0.481 e. The Morgan fingerprint density at radius 3 is 2.07 bits per heavy atom. The molecule has 0 aliphatic heterocycles. The van der Waals surface area contributed by atoms with Crippen molar-refractivity contribution in [2.75, 3.05) is 20.1 Å². The number of carbonyl (C=O) groups is 2. The number of hydrogen-bond donors (Lipinski definition) is 2.